The van der Waals surface area contributed by atoms with Gasteiger partial charge in [0.1, 0.15) is 0 Å². The van der Waals surface area contributed by atoms with Gasteiger partial charge < -0.3 is 9.80 Å². The molecule has 2 atom stereocenters. The van der Waals surface area contributed by atoms with Crippen molar-refractivity contribution in [2.45, 2.75) is 65.1 Å². The van der Waals surface area contributed by atoms with Gasteiger partial charge in [-0.25, -0.2) is 9.79 Å². The van der Waals surface area contributed by atoms with Gasteiger partial charge in [-0.2, -0.15) is 0 Å². The number of rotatable bonds is 7. The second-order valence-electron chi connectivity index (χ2n) is 7.14. The highest BCUT2D eigenvalue weighted by Gasteiger charge is 2.53. The number of carbonyl (C=O) groups excluding carboxylic acids is 2. The minimum Gasteiger partial charge on any atom is -0.343 e. The van der Waals surface area contributed by atoms with E-state index in [4.69, 9.17) is 4.99 Å². The Labute approximate surface area is 150 Å². The minimum absolute atomic E-state index is 0.0692. The normalized spacial score (nSPS) is 26.1. The Balaban J connectivity index is 1.90. The predicted octanol–water partition coefficient (Wildman–Crippen LogP) is 1.94. The summed E-state index contributed by atoms with van der Waals surface area (Å²) in [6.45, 7) is 10.2. The van der Waals surface area contributed by atoms with Crippen molar-refractivity contribution in [3.63, 3.8) is 0 Å². The number of unbranched alkanes of at least 4 members (excludes halogenated alkanes) is 1. The molecule has 0 saturated carbocycles. The van der Waals surface area contributed by atoms with Gasteiger partial charge in [-0.05, 0) is 25.7 Å². The zero-order valence-corrected chi connectivity index (χ0v) is 15.8. The highest BCUT2D eigenvalue weighted by atomic mass is 16.2. The van der Waals surface area contributed by atoms with E-state index in [9.17, 15) is 9.59 Å². The van der Waals surface area contributed by atoms with Crippen LogP contribution in [0.4, 0.5) is 4.79 Å². The maximum absolute atomic E-state index is 13.1. The number of hydrogen-bond donors (Lipinski definition) is 0. The van der Waals surface area contributed by atoms with E-state index in [1.165, 1.54) is 4.90 Å². The molecular formula is C18H31N5O2. The Kier molecular flexibility index (Phi) is 5.49. The number of fused-ring (bicyclic) bond motifs is 3. The molecule has 0 radical (unpaired) electrons. The van der Waals surface area contributed by atoms with Crippen molar-refractivity contribution in [2.75, 3.05) is 32.7 Å². The van der Waals surface area contributed by atoms with Crippen LogP contribution in [0.15, 0.2) is 4.99 Å². The monoisotopic (exact) mass is 349 g/mol. The molecule has 0 aromatic rings. The molecule has 3 aliphatic rings. The summed E-state index contributed by atoms with van der Waals surface area (Å²) < 4.78 is 0. The Morgan fingerprint density at radius 3 is 2.44 bits per heavy atom. The SMILES string of the molecule is CCCCN1CCCN2C1=NC1C2C(=O)N(CCC)C(=O)N1CCC. The van der Waals surface area contributed by atoms with Crippen LogP contribution >= 0.6 is 0 Å². The van der Waals surface area contributed by atoms with Gasteiger partial charge in [-0.15, -0.1) is 0 Å². The number of nitrogens with zero attached hydrogens (tertiary/aromatic N) is 5. The number of carbonyl (C=O) groups is 2. The van der Waals surface area contributed by atoms with Crippen LogP contribution in [-0.4, -0.2) is 82.4 Å². The molecule has 2 fully saturated rings. The van der Waals surface area contributed by atoms with Crippen molar-refractivity contribution in [1.29, 1.82) is 0 Å². The summed E-state index contributed by atoms with van der Waals surface area (Å²) in [7, 11) is 0. The molecule has 0 aromatic heterocycles. The topological polar surface area (TPSA) is 59.5 Å². The summed E-state index contributed by atoms with van der Waals surface area (Å²) in [5.41, 5.74) is 0. The zero-order valence-electron chi connectivity index (χ0n) is 15.8. The first-order valence-electron chi connectivity index (χ1n) is 9.85. The Morgan fingerprint density at radius 2 is 1.76 bits per heavy atom. The molecule has 3 rings (SSSR count). The van der Waals surface area contributed by atoms with Gasteiger partial charge in [-0.3, -0.25) is 14.6 Å². The second-order valence-corrected chi connectivity index (χ2v) is 7.14. The van der Waals surface area contributed by atoms with Crippen LogP contribution in [0.25, 0.3) is 0 Å². The van der Waals surface area contributed by atoms with Gasteiger partial charge in [0.05, 0.1) is 0 Å². The van der Waals surface area contributed by atoms with Gasteiger partial charge in [0, 0.05) is 32.7 Å². The van der Waals surface area contributed by atoms with Crippen molar-refractivity contribution in [3.8, 4) is 0 Å². The van der Waals surface area contributed by atoms with Crippen LogP contribution < -0.4 is 0 Å². The van der Waals surface area contributed by atoms with E-state index in [-0.39, 0.29) is 24.1 Å². The lowest BCUT2D eigenvalue weighted by atomic mass is 10.1. The first kappa shape index (κ1) is 18.0. The first-order valence-corrected chi connectivity index (χ1v) is 9.85. The van der Waals surface area contributed by atoms with Crippen molar-refractivity contribution >= 4 is 17.9 Å². The standard InChI is InChI=1S/C18H31N5O2/c1-4-7-11-20-12-8-13-21-14-15(19-17(20)21)22(9-5-2)18(25)23(10-6-3)16(14)24/h14-15H,4-13H2,1-3H3. The summed E-state index contributed by atoms with van der Waals surface area (Å²) in [5.74, 6) is 0.857. The van der Waals surface area contributed by atoms with Gasteiger partial charge in [-0.1, -0.05) is 27.2 Å². The smallest absolute Gasteiger partial charge is 0.328 e. The Morgan fingerprint density at radius 1 is 1.00 bits per heavy atom. The number of amides is 3. The quantitative estimate of drug-likeness (QED) is 0.705. The third-order valence-electron chi connectivity index (χ3n) is 5.24. The van der Waals surface area contributed by atoms with Crippen LogP contribution in [0.1, 0.15) is 52.9 Å². The Bertz CT molecular complexity index is 550. The molecule has 7 heteroatoms. The van der Waals surface area contributed by atoms with Gasteiger partial charge >= 0.3 is 6.03 Å². The fourth-order valence-electron chi connectivity index (χ4n) is 4.06. The van der Waals surface area contributed by atoms with Gasteiger partial charge in [0.2, 0.25) is 0 Å². The molecule has 0 spiro atoms. The van der Waals surface area contributed by atoms with Crippen molar-refractivity contribution in [2.24, 2.45) is 4.99 Å². The number of urea groups is 1. The zero-order chi connectivity index (χ0) is 18.0. The van der Waals surface area contributed by atoms with Crippen molar-refractivity contribution in [1.82, 2.24) is 19.6 Å². The highest BCUT2D eigenvalue weighted by molar-refractivity contribution is 6.04. The number of hydrogen-bond acceptors (Lipinski definition) is 5. The average molecular weight is 349 g/mol. The molecule has 0 N–H and O–H groups in total. The maximum atomic E-state index is 13.1. The lowest BCUT2D eigenvalue weighted by Gasteiger charge is -2.44. The molecule has 25 heavy (non-hydrogen) atoms. The fourth-order valence-corrected chi connectivity index (χ4v) is 4.06. The summed E-state index contributed by atoms with van der Waals surface area (Å²) in [5, 5.41) is 0. The maximum Gasteiger partial charge on any atom is 0.328 e. The molecule has 0 aliphatic carbocycles. The van der Waals surface area contributed by atoms with Crippen molar-refractivity contribution < 1.29 is 9.59 Å². The van der Waals surface area contributed by atoms with E-state index in [2.05, 4.69) is 23.6 Å². The van der Waals surface area contributed by atoms with Crippen LogP contribution in [0, 0.1) is 0 Å². The molecular weight excluding hydrogens is 318 g/mol. The largest absolute Gasteiger partial charge is 0.343 e. The third kappa shape index (κ3) is 3.09. The summed E-state index contributed by atoms with van der Waals surface area (Å²) in [6.07, 6.45) is 4.59. The van der Waals surface area contributed by atoms with Gasteiger partial charge in [0.15, 0.2) is 18.2 Å². The molecule has 0 aromatic carbocycles. The van der Waals surface area contributed by atoms with E-state index in [1.54, 1.807) is 0 Å². The molecule has 3 aliphatic heterocycles. The lowest BCUT2D eigenvalue weighted by molar-refractivity contribution is -0.138. The molecule has 3 amide bonds. The number of guanidine groups is 1. The third-order valence-corrected chi connectivity index (χ3v) is 5.24. The molecule has 2 unspecified atom stereocenters. The minimum atomic E-state index is -0.356. The molecule has 7 nitrogen and oxygen atoms in total. The number of aliphatic imine (C=N–C) groups is 1. The molecule has 3 heterocycles. The summed E-state index contributed by atoms with van der Waals surface area (Å²) in [4.78, 5) is 38.5. The Hall–Kier alpha value is -1.79. The van der Waals surface area contributed by atoms with Crippen LogP contribution in [-0.2, 0) is 4.79 Å². The van der Waals surface area contributed by atoms with E-state index in [0.717, 1.165) is 57.7 Å². The molecule has 140 valence electrons. The fraction of sp³-hybridized carbons (Fsp3) is 0.833. The average Bonchev–Trinajstić information content (AvgIpc) is 3.00. The van der Waals surface area contributed by atoms with E-state index >= 15 is 0 Å². The van der Waals surface area contributed by atoms with Crippen molar-refractivity contribution in [3.05, 3.63) is 0 Å². The first-order chi connectivity index (χ1) is 12.1. The second kappa shape index (κ2) is 7.62. The summed E-state index contributed by atoms with van der Waals surface area (Å²) in [6, 6.07) is -0.505. The van der Waals surface area contributed by atoms with E-state index < -0.39 is 0 Å². The highest BCUT2D eigenvalue weighted by Crippen LogP contribution is 2.31. The summed E-state index contributed by atoms with van der Waals surface area (Å²) >= 11 is 0. The number of imide groups is 1. The molecule has 0 bridgehead atoms. The molecule has 2 saturated heterocycles. The van der Waals surface area contributed by atoms with E-state index in [1.807, 2.05) is 11.8 Å². The van der Waals surface area contributed by atoms with Crippen LogP contribution in [0.3, 0.4) is 0 Å². The van der Waals surface area contributed by atoms with Crippen LogP contribution in [0.2, 0.25) is 0 Å². The predicted molar refractivity (Wildman–Crippen MR) is 97.2 cm³/mol. The lowest BCUT2D eigenvalue weighted by Crippen LogP contribution is -2.67. The van der Waals surface area contributed by atoms with Crippen LogP contribution in [0.5, 0.6) is 0 Å². The van der Waals surface area contributed by atoms with E-state index in [0.29, 0.717) is 13.1 Å². The van der Waals surface area contributed by atoms with Gasteiger partial charge in [0.25, 0.3) is 5.91 Å².